The summed E-state index contributed by atoms with van der Waals surface area (Å²) < 4.78 is 29.6. The van der Waals surface area contributed by atoms with Gasteiger partial charge in [0.1, 0.15) is 0 Å². The van der Waals surface area contributed by atoms with E-state index in [1.807, 2.05) is 19.0 Å². The van der Waals surface area contributed by atoms with E-state index in [9.17, 15) is 18.3 Å². The number of β-amino-alcohol motifs (C(OH)–C–C–N with tert-alkyl or cyclic N) is 1. The Morgan fingerprint density at radius 3 is 2.61 bits per heavy atom. The predicted octanol–water partition coefficient (Wildman–Crippen LogP) is -1.51. The fraction of sp³-hybridized carbons (Fsp3) is 0.900. The highest BCUT2D eigenvalue weighted by molar-refractivity contribution is 7.89. The van der Waals surface area contributed by atoms with Crippen molar-refractivity contribution in [3.63, 3.8) is 0 Å². The van der Waals surface area contributed by atoms with Crippen LogP contribution in [0.4, 0.5) is 0 Å². The summed E-state index contributed by atoms with van der Waals surface area (Å²) in [5, 5.41) is 9.60. The smallest absolute Gasteiger partial charge is 0.322 e. The minimum Gasteiger partial charge on any atom is -0.468 e. The molecule has 0 aliphatic carbocycles. The minimum atomic E-state index is -3.73. The normalized spacial score (nSPS) is 25.6. The van der Waals surface area contributed by atoms with Crippen LogP contribution in [0.1, 0.15) is 6.42 Å². The number of ether oxygens (including phenoxy) is 1. The highest BCUT2D eigenvalue weighted by atomic mass is 32.2. The van der Waals surface area contributed by atoms with Gasteiger partial charge >= 0.3 is 5.97 Å². The number of esters is 1. The van der Waals surface area contributed by atoms with E-state index in [0.29, 0.717) is 13.0 Å². The number of hydrogen-bond acceptors (Lipinski definition) is 6. The van der Waals surface area contributed by atoms with E-state index in [2.05, 4.69) is 4.74 Å². The van der Waals surface area contributed by atoms with Gasteiger partial charge in [0.2, 0.25) is 10.0 Å². The van der Waals surface area contributed by atoms with Crippen LogP contribution in [-0.2, 0) is 19.6 Å². The molecule has 1 heterocycles. The Morgan fingerprint density at radius 2 is 2.11 bits per heavy atom. The molecule has 2 unspecified atom stereocenters. The molecule has 0 radical (unpaired) electrons. The van der Waals surface area contributed by atoms with Crippen LogP contribution in [-0.4, -0.2) is 80.9 Å². The number of carbonyl (C=O) groups is 1. The lowest BCUT2D eigenvalue weighted by Gasteiger charge is -2.25. The first-order valence-corrected chi connectivity index (χ1v) is 7.26. The topological polar surface area (TPSA) is 87.2 Å². The van der Waals surface area contributed by atoms with E-state index in [-0.39, 0.29) is 12.6 Å². The lowest BCUT2D eigenvalue weighted by molar-refractivity contribution is -0.137. The van der Waals surface area contributed by atoms with Crippen molar-refractivity contribution in [1.29, 1.82) is 0 Å². The van der Waals surface area contributed by atoms with Gasteiger partial charge in [-0.05, 0) is 20.5 Å². The fourth-order valence-corrected chi connectivity index (χ4v) is 3.67. The molecule has 1 saturated heterocycles. The van der Waals surface area contributed by atoms with Gasteiger partial charge in [-0.3, -0.25) is 4.79 Å². The van der Waals surface area contributed by atoms with Gasteiger partial charge in [0.15, 0.2) is 5.75 Å². The fourth-order valence-electron chi connectivity index (χ4n) is 2.08. The molecule has 2 atom stereocenters. The van der Waals surface area contributed by atoms with Crippen LogP contribution in [0, 0.1) is 0 Å². The number of methoxy groups -OCH3 is 1. The van der Waals surface area contributed by atoms with E-state index in [0.717, 1.165) is 7.11 Å². The standard InChI is InChI=1S/C10H20N2O5S/c1-11(2)5-8-4-9(13)6-12(8)18(15,16)7-10(14)17-3/h8-9,13H,4-7H2,1-3H3. The van der Waals surface area contributed by atoms with Crippen LogP contribution >= 0.6 is 0 Å². The molecule has 7 nitrogen and oxygen atoms in total. The average molecular weight is 280 g/mol. The maximum absolute atomic E-state index is 12.0. The van der Waals surface area contributed by atoms with Crippen molar-refractivity contribution in [2.75, 3.05) is 40.0 Å². The van der Waals surface area contributed by atoms with Gasteiger partial charge in [-0.1, -0.05) is 0 Å². The number of rotatable bonds is 5. The quantitative estimate of drug-likeness (QED) is 0.616. The zero-order chi connectivity index (χ0) is 13.9. The van der Waals surface area contributed by atoms with Crippen LogP contribution in [0.5, 0.6) is 0 Å². The van der Waals surface area contributed by atoms with Crippen molar-refractivity contribution in [2.24, 2.45) is 0 Å². The molecule has 1 aliphatic heterocycles. The molecule has 0 saturated carbocycles. The summed E-state index contributed by atoms with van der Waals surface area (Å²) in [6.45, 7) is 0.551. The number of nitrogens with zero attached hydrogens (tertiary/aromatic N) is 2. The molecule has 0 aromatic carbocycles. The van der Waals surface area contributed by atoms with E-state index >= 15 is 0 Å². The predicted molar refractivity (Wildman–Crippen MR) is 65.5 cm³/mol. The number of carbonyl (C=O) groups excluding carboxylic acids is 1. The maximum Gasteiger partial charge on any atom is 0.322 e. The monoisotopic (exact) mass is 280 g/mol. The highest BCUT2D eigenvalue weighted by Gasteiger charge is 2.39. The summed E-state index contributed by atoms with van der Waals surface area (Å²) in [6.07, 6.45) is -0.291. The molecule has 0 bridgehead atoms. The lowest BCUT2D eigenvalue weighted by atomic mass is 10.2. The summed E-state index contributed by atoms with van der Waals surface area (Å²) in [5.74, 6) is -1.47. The highest BCUT2D eigenvalue weighted by Crippen LogP contribution is 2.22. The third-order valence-electron chi connectivity index (χ3n) is 2.80. The zero-order valence-corrected chi connectivity index (χ0v) is 11.7. The van der Waals surface area contributed by atoms with Gasteiger partial charge in [-0.15, -0.1) is 0 Å². The second kappa shape index (κ2) is 5.96. The Hall–Kier alpha value is -0.700. The molecular weight excluding hydrogens is 260 g/mol. The Bertz CT molecular complexity index is 395. The molecule has 0 spiro atoms. The first-order valence-electron chi connectivity index (χ1n) is 5.65. The number of hydrogen-bond donors (Lipinski definition) is 1. The van der Waals surface area contributed by atoms with Crippen LogP contribution in [0.2, 0.25) is 0 Å². The summed E-state index contributed by atoms with van der Waals surface area (Å²) in [6, 6.07) is -0.301. The lowest BCUT2D eigenvalue weighted by Crippen LogP contribution is -2.43. The maximum atomic E-state index is 12.0. The summed E-state index contributed by atoms with van der Waals surface area (Å²) in [7, 11) is 1.08. The van der Waals surface area contributed by atoms with E-state index in [1.165, 1.54) is 4.31 Å². The second-order valence-corrected chi connectivity index (χ2v) is 6.63. The second-order valence-electron chi connectivity index (χ2n) is 4.71. The van der Waals surface area contributed by atoms with Crippen molar-refractivity contribution in [2.45, 2.75) is 18.6 Å². The molecule has 1 rings (SSSR count). The van der Waals surface area contributed by atoms with Gasteiger partial charge in [0.05, 0.1) is 13.2 Å². The first kappa shape index (κ1) is 15.4. The zero-order valence-electron chi connectivity index (χ0n) is 10.9. The van der Waals surface area contributed by atoms with Crippen molar-refractivity contribution >= 4 is 16.0 Å². The van der Waals surface area contributed by atoms with Crippen molar-refractivity contribution in [3.8, 4) is 0 Å². The van der Waals surface area contributed by atoms with Gasteiger partial charge < -0.3 is 14.7 Å². The molecule has 0 aromatic heterocycles. The van der Waals surface area contributed by atoms with E-state index < -0.39 is 27.8 Å². The summed E-state index contributed by atoms with van der Waals surface area (Å²) in [5.41, 5.74) is 0. The first-order chi connectivity index (χ1) is 8.26. The van der Waals surface area contributed by atoms with E-state index in [4.69, 9.17) is 0 Å². The van der Waals surface area contributed by atoms with Crippen LogP contribution in [0.25, 0.3) is 0 Å². The third-order valence-corrected chi connectivity index (χ3v) is 4.57. The number of sulfonamides is 1. The Morgan fingerprint density at radius 1 is 1.50 bits per heavy atom. The Balaban J connectivity index is 2.81. The molecule has 0 amide bonds. The van der Waals surface area contributed by atoms with Crippen LogP contribution < -0.4 is 0 Å². The SMILES string of the molecule is COC(=O)CS(=O)(=O)N1CC(O)CC1CN(C)C. The third kappa shape index (κ3) is 3.91. The van der Waals surface area contributed by atoms with E-state index in [1.54, 1.807) is 0 Å². The number of aliphatic hydroxyl groups is 1. The molecule has 18 heavy (non-hydrogen) atoms. The Kier molecular flexibility index (Phi) is 5.09. The average Bonchev–Trinajstić information content (AvgIpc) is 2.58. The Labute approximate surface area is 107 Å². The molecule has 8 heteroatoms. The number of aliphatic hydroxyl groups excluding tert-OH is 1. The van der Waals surface area contributed by atoms with Crippen LogP contribution in [0.3, 0.4) is 0 Å². The minimum absolute atomic E-state index is 0.0395. The van der Waals surface area contributed by atoms with Crippen LogP contribution in [0.15, 0.2) is 0 Å². The van der Waals surface area contributed by atoms with Gasteiger partial charge in [0, 0.05) is 19.1 Å². The largest absolute Gasteiger partial charge is 0.468 e. The van der Waals surface area contributed by atoms with Gasteiger partial charge in [0.25, 0.3) is 0 Å². The number of likely N-dealkylation sites (N-methyl/N-ethyl adjacent to an activating group) is 1. The molecule has 0 aromatic rings. The van der Waals surface area contributed by atoms with Crippen molar-refractivity contribution < 1.29 is 23.1 Å². The van der Waals surface area contributed by atoms with Gasteiger partial charge in [-0.25, -0.2) is 8.42 Å². The van der Waals surface area contributed by atoms with Crippen molar-refractivity contribution in [1.82, 2.24) is 9.21 Å². The molecule has 106 valence electrons. The molecular formula is C10H20N2O5S. The van der Waals surface area contributed by atoms with Crippen molar-refractivity contribution in [3.05, 3.63) is 0 Å². The molecule has 1 aliphatic rings. The van der Waals surface area contributed by atoms with Gasteiger partial charge in [-0.2, -0.15) is 4.31 Å². The molecule has 1 N–H and O–H groups in total. The molecule has 1 fully saturated rings. The summed E-state index contributed by atoms with van der Waals surface area (Å²) >= 11 is 0. The summed E-state index contributed by atoms with van der Waals surface area (Å²) in [4.78, 5) is 12.9.